The molecule has 0 unspecified atom stereocenters. The van der Waals surface area contributed by atoms with Gasteiger partial charge in [0.2, 0.25) is 0 Å². The number of hydrogen-bond acceptors (Lipinski definition) is 4. The van der Waals surface area contributed by atoms with E-state index in [1.54, 1.807) is 13.0 Å². The van der Waals surface area contributed by atoms with Gasteiger partial charge >= 0.3 is 0 Å². The number of anilines is 4. The van der Waals surface area contributed by atoms with E-state index < -0.39 is 17.5 Å². The predicted octanol–water partition coefficient (Wildman–Crippen LogP) is 5.00. The predicted molar refractivity (Wildman–Crippen MR) is 90.8 cm³/mol. The summed E-state index contributed by atoms with van der Waals surface area (Å²) >= 11 is 0. The average Bonchev–Trinajstić information content (AvgIpc) is 2.57. The molecule has 2 N–H and O–H groups in total. The SMILES string of the molecule is Cc1nc(Nc2ccccc2C)cc(Nc2ccc(F)c(F)c2F)n1. The maximum Gasteiger partial charge on any atom is 0.196 e. The van der Waals surface area contributed by atoms with Gasteiger partial charge in [0.25, 0.3) is 0 Å². The molecular weight excluding hydrogens is 329 g/mol. The second-order valence-corrected chi connectivity index (χ2v) is 5.47. The molecule has 0 aliphatic heterocycles. The Hall–Kier alpha value is -3.09. The van der Waals surface area contributed by atoms with Crippen LogP contribution >= 0.6 is 0 Å². The minimum atomic E-state index is -1.53. The van der Waals surface area contributed by atoms with E-state index in [4.69, 9.17) is 0 Å². The number of aromatic nitrogens is 2. The highest BCUT2D eigenvalue weighted by molar-refractivity contribution is 5.65. The van der Waals surface area contributed by atoms with E-state index in [2.05, 4.69) is 20.6 Å². The molecule has 0 bridgehead atoms. The van der Waals surface area contributed by atoms with Gasteiger partial charge in [-0.1, -0.05) is 18.2 Å². The molecule has 25 heavy (non-hydrogen) atoms. The van der Waals surface area contributed by atoms with E-state index in [0.717, 1.165) is 23.4 Å². The van der Waals surface area contributed by atoms with Crippen LogP contribution in [0.25, 0.3) is 0 Å². The van der Waals surface area contributed by atoms with Gasteiger partial charge in [0.15, 0.2) is 17.5 Å². The molecule has 3 aromatic rings. The number of halogens is 3. The molecular formula is C18H15F3N4. The van der Waals surface area contributed by atoms with Gasteiger partial charge in [-0.05, 0) is 37.6 Å². The standard InChI is InChI=1S/C18H15F3N4/c1-10-5-3-4-6-13(10)24-15-9-16(23-11(2)22-15)25-14-8-7-12(19)17(20)18(14)21/h3-9H,1-2H3,(H2,22,23,24,25). The number of nitrogens with zero attached hydrogens (tertiary/aromatic N) is 2. The van der Waals surface area contributed by atoms with Gasteiger partial charge in [0.05, 0.1) is 5.69 Å². The zero-order valence-electron chi connectivity index (χ0n) is 13.6. The molecule has 0 saturated carbocycles. The molecule has 1 aromatic heterocycles. The zero-order chi connectivity index (χ0) is 18.0. The lowest BCUT2D eigenvalue weighted by Crippen LogP contribution is -2.04. The van der Waals surface area contributed by atoms with Crippen LogP contribution < -0.4 is 10.6 Å². The van der Waals surface area contributed by atoms with Crippen molar-refractivity contribution in [2.75, 3.05) is 10.6 Å². The number of nitrogens with one attached hydrogen (secondary N) is 2. The Morgan fingerprint density at radius 2 is 1.40 bits per heavy atom. The molecule has 7 heteroatoms. The molecule has 0 radical (unpaired) electrons. The number of rotatable bonds is 4. The molecule has 0 amide bonds. The third-order valence-corrected chi connectivity index (χ3v) is 3.54. The Morgan fingerprint density at radius 1 is 0.760 bits per heavy atom. The highest BCUT2D eigenvalue weighted by Crippen LogP contribution is 2.25. The molecule has 3 rings (SSSR count). The Morgan fingerprint density at radius 3 is 2.08 bits per heavy atom. The maximum atomic E-state index is 13.8. The van der Waals surface area contributed by atoms with Crippen molar-refractivity contribution in [1.29, 1.82) is 0 Å². The van der Waals surface area contributed by atoms with Crippen molar-refractivity contribution >= 4 is 23.0 Å². The van der Waals surface area contributed by atoms with Crippen LogP contribution in [0.15, 0.2) is 42.5 Å². The van der Waals surface area contributed by atoms with Gasteiger partial charge in [-0.25, -0.2) is 23.1 Å². The summed E-state index contributed by atoms with van der Waals surface area (Å²) in [6, 6.07) is 11.2. The Labute approximate surface area is 142 Å². The molecule has 0 aliphatic carbocycles. The third kappa shape index (κ3) is 3.71. The first-order valence-electron chi connectivity index (χ1n) is 7.53. The van der Waals surface area contributed by atoms with Crippen LogP contribution in [0, 0.1) is 31.3 Å². The first-order valence-corrected chi connectivity index (χ1v) is 7.53. The molecule has 0 atom stereocenters. The fraction of sp³-hybridized carbons (Fsp3) is 0.111. The van der Waals surface area contributed by atoms with Crippen LogP contribution in [-0.4, -0.2) is 9.97 Å². The summed E-state index contributed by atoms with van der Waals surface area (Å²) < 4.78 is 40.2. The lowest BCUT2D eigenvalue weighted by molar-refractivity contribution is 0.449. The summed E-state index contributed by atoms with van der Waals surface area (Å²) in [5.41, 5.74) is 1.68. The van der Waals surface area contributed by atoms with Gasteiger partial charge in [-0.15, -0.1) is 0 Å². The normalized spacial score (nSPS) is 10.6. The van der Waals surface area contributed by atoms with E-state index in [9.17, 15) is 13.2 Å². The lowest BCUT2D eigenvalue weighted by Gasteiger charge is -2.12. The fourth-order valence-electron chi connectivity index (χ4n) is 2.31. The van der Waals surface area contributed by atoms with Gasteiger partial charge in [0, 0.05) is 11.8 Å². The van der Waals surface area contributed by atoms with Crippen molar-refractivity contribution < 1.29 is 13.2 Å². The van der Waals surface area contributed by atoms with Crippen molar-refractivity contribution in [1.82, 2.24) is 9.97 Å². The van der Waals surface area contributed by atoms with Crippen molar-refractivity contribution in [3.63, 3.8) is 0 Å². The second kappa shape index (κ2) is 6.80. The van der Waals surface area contributed by atoms with Gasteiger partial charge < -0.3 is 10.6 Å². The fourth-order valence-corrected chi connectivity index (χ4v) is 2.31. The quantitative estimate of drug-likeness (QED) is 0.654. The minimum Gasteiger partial charge on any atom is -0.340 e. The summed E-state index contributed by atoms with van der Waals surface area (Å²) in [5.74, 6) is -2.90. The largest absolute Gasteiger partial charge is 0.340 e. The molecule has 1 heterocycles. The first kappa shape index (κ1) is 16.8. The first-order chi connectivity index (χ1) is 11.9. The smallest absolute Gasteiger partial charge is 0.196 e. The molecule has 0 spiro atoms. The van der Waals surface area contributed by atoms with Gasteiger partial charge in [0.1, 0.15) is 17.5 Å². The van der Waals surface area contributed by atoms with Crippen LogP contribution in [0.2, 0.25) is 0 Å². The lowest BCUT2D eigenvalue weighted by atomic mass is 10.2. The molecule has 0 fully saturated rings. The zero-order valence-corrected chi connectivity index (χ0v) is 13.6. The van der Waals surface area contributed by atoms with Crippen LogP contribution in [-0.2, 0) is 0 Å². The maximum absolute atomic E-state index is 13.8. The van der Waals surface area contributed by atoms with Crippen molar-refractivity contribution in [2.45, 2.75) is 13.8 Å². The van der Waals surface area contributed by atoms with Gasteiger partial charge in [-0.2, -0.15) is 0 Å². The Balaban J connectivity index is 1.90. The summed E-state index contributed by atoms with van der Waals surface area (Å²) in [7, 11) is 0. The van der Waals surface area contributed by atoms with Crippen LogP contribution in [0.1, 0.15) is 11.4 Å². The highest BCUT2D eigenvalue weighted by atomic mass is 19.2. The Kier molecular flexibility index (Phi) is 4.56. The van der Waals surface area contributed by atoms with Gasteiger partial charge in [-0.3, -0.25) is 0 Å². The minimum absolute atomic E-state index is 0.209. The molecule has 0 aliphatic rings. The number of para-hydroxylation sites is 1. The van der Waals surface area contributed by atoms with Crippen LogP contribution in [0.3, 0.4) is 0 Å². The third-order valence-electron chi connectivity index (χ3n) is 3.54. The van der Waals surface area contributed by atoms with Crippen LogP contribution in [0.4, 0.5) is 36.2 Å². The summed E-state index contributed by atoms with van der Waals surface area (Å²) in [4.78, 5) is 8.42. The van der Waals surface area contributed by atoms with Crippen LogP contribution in [0.5, 0.6) is 0 Å². The summed E-state index contributed by atoms with van der Waals surface area (Å²) in [5, 5.41) is 5.80. The van der Waals surface area contributed by atoms with E-state index in [-0.39, 0.29) is 11.5 Å². The van der Waals surface area contributed by atoms with E-state index >= 15 is 0 Å². The highest BCUT2D eigenvalue weighted by Gasteiger charge is 2.14. The second-order valence-electron chi connectivity index (χ2n) is 5.47. The molecule has 2 aromatic carbocycles. The molecule has 0 saturated heterocycles. The molecule has 4 nitrogen and oxygen atoms in total. The topological polar surface area (TPSA) is 49.8 Å². The average molecular weight is 344 g/mol. The van der Waals surface area contributed by atoms with E-state index in [1.807, 2.05) is 31.2 Å². The number of hydrogen-bond donors (Lipinski definition) is 2. The number of benzene rings is 2. The van der Waals surface area contributed by atoms with E-state index in [0.29, 0.717) is 11.6 Å². The van der Waals surface area contributed by atoms with Crippen molar-refractivity contribution in [2.24, 2.45) is 0 Å². The van der Waals surface area contributed by atoms with E-state index in [1.165, 1.54) is 0 Å². The summed E-state index contributed by atoms with van der Waals surface area (Å²) in [6.45, 7) is 3.63. The van der Waals surface area contributed by atoms with Crippen molar-refractivity contribution in [3.8, 4) is 0 Å². The Bertz CT molecular complexity index is 928. The molecule has 128 valence electrons. The van der Waals surface area contributed by atoms with Crippen molar-refractivity contribution in [3.05, 3.63) is 71.3 Å². The number of aryl methyl sites for hydroxylation is 2. The monoisotopic (exact) mass is 344 g/mol. The summed E-state index contributed by atoms with van der Waals surface area (Å²) in [6.07, 6.45) is 0.